The lowest BCUT2D eigenvalue weighted by Gasteiger charge is -2.38. The number of aliphatic hydroxyl groups excluding tert-OH is 3. The number of hydrogen-bond acceptors (Lipinski definition) is 12. The highest BCUT2D eigenvalue weighted by molar-refractivity contribution is 5.76. The van der Waals surface area contributed by atoms with Crippen molar-refractivity contribution in [1.29, 1.82) is 0 Å². The Morgan fingerprint density at radius 1 is 0.938 bits per heavy atom. The van der Waals surface area contributed by atoms with Gasteiger partial charge in [-0.05, 0) is 81.8 Å². The first-order valence-corrected chi connectivity index (χ1v) is 15.6. The fraction of sp³-hybridized carbons (Fsp3) is 0.500. The Balaban J connectivity index is 1.40. The lowest BCUT2D eigenvalue weighted by molar-refractivity contribution is -0.273. The predicted molar refractivity (Wildman–Crippen MR) is 164 cm³/mol. The molecule has 2 aliphatic rings. The Morgan fingerprint density at radius 3 is 2.21 bits per heavy atom. The molecule has 1 aromatic carbocycles. The number of pyridine rings is 2. The minimum atomic E-state index is -4.10. The van der Waals surface area contributed by atoms with E-state index in [2.05, 4.69) is 9.97 Å². The summed E-state index contributed by atoms with van der Waals surface area (Å²) in [4.78, 5) is 21.1. The number of rotatable bonds is 12. The number of carbonyl (C=O) groups excluding carboxylic acids is 1. The molecule has 1 aliphatic heterocycles. The van der Waals surface area contributed by atoms with Crippen LogP contribution >= 0.6 is 0 Å². The number of benzene rings is 1. The second-order valence-electron chi connectivity index (χ2n) is 12.9. The van der Waals surface area contributed by atoms with E-state index in [1.54, 1.807) is 52.1 Å². The maximum atomic E-state index is 14.1. The molecule has 6 atom stereocenters. The van der Waals surface area contributed by atoms with Crippen LogP contribution in [0.5, 0.6) is 11.6 Å². The minimum Gasteiger partial charge on any atom is -0.490 e. The molecule has 14 heteroatoms. The van der Waals surface area contributed by atoms with Crippen LogP contribution in [0.3, 0.4) is 0 Å². The first-order valence-electron chi connectivity index (χ1n) is 15.6. The normalized spacial score (nSPS) is 23.9. The number of carbonyl (C=O) groups is 1. The van der Waals surface area contributed by atoms with Gasteiger partial charge in [-0.15, -0.1) is 0 Å². The fourth-order valence-corrected chi connectivity index (χ4v) is 5.26. The number of aliphatic hydroxyl groups is 5. The highest BCUT2D eigenvalue weighted by atomic mass is 19.3. The van der Waals surface area contributed by atoms with E-state index in [1.165, 1.54) is 24.4 Å². The molecule has 0 radical (unpaired) electrons. The van der Waals surface area contributed by atoms with Gasteiger partial charge < -0.3 is 44.5 Å². The first-order chi connectivity index (χ1) is 22.5. The van der Waals surface area contributed by atoms with Crippen LogP contribution in [0.1, 0.15) is 74.4 Å². The molecule has 5 N–H and O–H groups in total. The molecule has 2 unspecified atom stereocenters. The van der Waals surface area contributed by atoms with Gasteiger partial charge in [-0.25, -0.2) is 9.78 Å². The molecule has 2 aromatic heterocycles. The summed E-state index contributed by atoms with van der Waals surface area (Å²) >= 11 is 0. The van der Waals surface area contributed by atoms with Gasteiger partial charge in [0.05, 0.1) is 23.5 Å². The maximum absolute atomic E-state index is 14.1. The highest BCUT2D eigenvalue weighted by Gasteiger charge is 2.49. The van der Waals surface area contributed by atoms with E-state index in [0.29, 0.717) is 28.8 Å². The largest absolute Gasteiger partial charge is 0.490 e. The van der Waals surface area contributed by atoms with Gasteiger partial charge in [-0.2, -0.15) is 8.78 Å². The van der Waals surface area contributed by atoms with Crippen LogP contribution in [0.15, 0.2) is 54.9 Å². The van der Waals surface area contributed by atoms with E-state index in [0.717, 1.165) is 18.9 Å². The average molecular weight is 675 g/mol. The summed E-state index contributed by atoms with van der Waals surface area (Å²) in [6.07, 6.45) is -8.42. The monoisotopic (exact) mass is 674 g/mol. The van der Waals surface area contributed by atoms with Crippen molar-refractivity contribution in [2.24, 2.45) is 0 Å². The minimum absolute atomic E-state index is 0.0234. The van der Waals surface area contributed by atoms with Crippen molar-refractivity contribution in [2.75, 3.05) is 0 Å². The number of ether oxygens (including phenoxy) is 4. The topological polar surface area (TPSA) is 181 Å². The van der Waals surface area contributed by atoms with Gasteiger partial charge in [0, 0.05) is 24.4 Å². The van der Waals surface area contributed by atoms with Crippen LogP contribution < -0.4 is 9.47 Å². The SMILES string of the molecule is CC(C)OC(=O)C1O[C@@H](Oc2ccc(C[C@H](c3ccc(C(C)(C)O)nc3)c3ccc(C(O)(F)F)c(OC4CC4)c3)cn2)[C@H](O)C(O)[C@@H]1O. The van der Waals surface area contributed by atoms with E-state index in [4.69, 9.17) is 18.9 Å². The van der Waals surface area contributed by atoms with Crippen molar-refractivity contribution in [1.82, 2.24) is 9.97 Å². The Labute approximate surface area is 275 Å². The molecule has 3 heterocycles. The molecule has 2 fully saturated rings. The summed E-state index contributed by atoms with van der Waals surface area (Å²) in [7, 11) is 0. The Kier molecular flexibility index (Phi) is 10.3. The van der Waals surface area contributed by atoms with Crippen LogP contribution in [0.25, 0.3) is 0 Å². The molecular weight excluding hydrogens is 634 g/mol. The molecule has 260 valence electrons. The van der Waals surface area contributed by atoms with Gasteiger partial charge in [0.25, 0.3) is 0 Å². The zero-order chi connectivity index (χ0) is 35.0. The van der Waals surface area contributed by atoms with Crippen molar-refractivity contribution >= 4 is 5.97 Å². The summed E-state index contributed by atoms with van der Waals surface area (Å²) in [5.41, 5.74) is 0.591. The van der Waals surface area contributed by atoms with Gasteiger partial charge in [0.2, 0.25) is 12.2 Å². The van der Waals surface area contributed by atoms with Crippen LogP contribution in [0, 0.1) is 0 Å². The quantitative estimate of drug-likeness (QED) is 0.178. The third-order valence-corrected chi connectivity index (χ3v) is 7.99. The third kappa shape index (κ3) is 8.43. The number of hydrogen-bond donors (Lipinski definition) is 5. The van der Waals surface area contributed by atoms with Gasteiger partial charge in [-0.3, -0.25) is 4.98 Å². The van der Waals surface area contributed by atoms with Crippen LogP contribution in [-0.4, -0.2) is 84.4 Å². The van der Waals surface area contributed by atoms with Crippen LogP contribution in [0.2, 0.25) is 0 Å². The lowest BCUT2D eigenvalue weighted by Crippen LogP contribution is -2.61. The van der Waals surface area contributed by atoms with Crippen molar-refractivity contribution in [3.8, 4) is 11.6 Å². The van der Waals surface area contributed by atoms with Crippen molar-refractivity contribution in [3.63, 3.8) is 0 Å². The summed E-state index contributed by atoms with van der Waals surface area (Å²) in [6, 6.07) is 10.7. The molecule has 3 aromatic rings. The first kappa shape index (κ1) is 35.5. The van der Waals surface area contributed by atoms with Gasteiger partial charge >= 0.3 is 12.1 Å². The third-order valence-electron chi connectivity index (χ3n) is 7.99. The maximum Gasteiger partial charge on any atom is 0.384 e. The Morgan fingerprint density at radius 2 is 1.65 bits per heavy atom. The molecule has 48 heavy (non-hydrogen) atoms. The summed E-state index contributed by atoms with van der Waals surface area (Å²) < 4.78 is 50.1. The van der Waals surface area contributed by atoms with Crippen molar-refractivity contribution in [2.45, 2.75) is 107 Å². The standard InChI is InChI=1S/C34H40F2N2O10/c1-17(2)45-31(42)30-28(40)27(39)29(41)32(48-30)47-26-12-5-18(15-38-26)13-22(20-7-11-25(37-16-20)33(3,4)43)19-6-10-23(34(35,36)44)24(14-19)46-21-8-9-21/h5-7,10-12,14-17,21-22,27-30,32,39-41,43-44H,8-9,13H2,1-4H3/t22-,27?,28-,29+,30?,32+/m0/s1. The second kappa shape index (κ2) is 14.0. The van der Waals surface area contributed by atoms with Crippen molar-refractivity contribution < 1.29 is 58.1 Å². The zero-order valence-electron chi connectivity index (χ0n) is 26.9. The van der Waals surface area contributed by atoms with Crippen LogP contribution in [-0.2, 0) is 32.4 Å². The number of aromatic nitrogens is 2. The van der Waals surface area contributed by atoms with E-state index in [1.807, 2.05) is 0 Å². The molecule has 0 spiro atoms. The molecule has 0 amide bonds. The predicted octanol–water partition coefficient (Wildman–Crippen LogP) is 2.80. The molecule has 0 bridgehead atoms. The lowest BCUT2D eigenvalue weighted by atomic mass is 9.86. The smallest absolute Gasteiger partial charge is 0.384 e. The van der Waals surface area contributed by atoms with E-state index < -0.39 is 66.0 Å². The summed E-state index contributed by atoms with van der Waals surface area (Å²) in [6.45, 7) is 6.42. The Bertz CT molecular complexity index is 1560. The summed E-state index contributed by atoms with van der Waals surface area (Å²) in [5.74, 6) is -1.54. The molecule has 1 aliphatic carbocycles. The number of nitrogens with zero attached hydrogens (tertiary/aromatic N) is 2. The number of alkyl halides is 2. The molecule has 12 nitrogen and oxygen atoms in total. The van der Waals surface area contributed by atoms with Crippen molar-refractivity contribution in [3.05, 3.63) is 82.8 Å². The number of esters is 1. The van der Waals surface area contributed by atoms with Gasteiger partial charge in [0.1, 0.15) is 29.7 Å². The summed E-state index contributed by atoms with van der Waals surface area (Å²) in [5, 5.41) is 51.0. The fourth-order valence-electron chi connectivity index (χ4n) is 5.26. The number of halogens is 2. The molecule has 1 saturated heterocycles. The van der Waals surface area contributed by atoms with E-state index >= 15 is 0 Å². The van der Waals surface area contributed by atoms with Gasteiger partial charge in [-0.1, -0.05) is 18.2 Å². The van der Waals surface area contributed by atoms with E-state index in [-0.39, 0.29) is 17.7 Å². The zero-order valence-corrected chi connectivity index (χ0v) is 26.9. The van der Waals surface area contributed by atoms with Gasteiger partial charge in [0.15, 0.2) is 6.10 Å². The Hall–Kier alpha value is -3.79. The van der Waals surface area contributed by atoms with E-state index in [9.17, 15) is 39.1 Å². The van der Waals surface area contributed by atoms with Crippen LogP contribution in [0.4, 0.5) is 8.78 Å². The average Bonchev–Trinajstić information content (AvgIpc) is 3.83. The second-order valence-corrected chi connectivity index (χ2v) is 12.9. The molecule has 5 rings (SSSR count). The molecular formula is C34H40F2N2O10. The highest BCUT2D eigenvalue weighted by Crippen LogP contribution is 2.40. The molecule has 1 saturated carbocycles.